The summed E-state index contributed by atoms with van der Waals surface area (Å²) in [4.78, 5) is 6.82. The molecular weight excluding hydrogens is 258 g/mol. The lowest BCUT2D eigenvalue weighted by molar-refractivity contribution is 0.304. The van der Waals surface area contributed by atoms with E-state index in [9.17, 15) is 0 Å². The van der Waals surface area contributed by atoms with E-state index in [1.54, 1.807) is 0 Å². The average Bonchev–Trinajstić information content (AvgIpc) is 3.27. The van der Waals surface area contributed by atoms with Crippen molar-refractivity contribution < 1.29 is 0 Å². The van der Waals surface area contributed by atoms with E-state index in [0.29, 0.717) is 5.41 Å². The van der Waals surface area contributed by atoms with Crippen LogP contribution in [0.4, 0.5) is 5.69 Å². The van der Waals surface area contributed by atoms with Gasteiger partial charge in [-0.05, 0) is 49.7 Å². The molecule has 1 aromatic carbocycles. The molecule has 0 bridgehead atoms. The summed E-state index contributed by atoms with van der Waals surface area (Å²) in [6.07, 6.45) is 5.44. The molecule has 3 heteroatoms. The number of likely N-dealkylation sites (N-methyl/N-ethyl adjacent to an activating group) is 1. The first-order chi connectivity index (χ1) is 10.2. The van der Waals surface area contributed by atoms with Gasteiger partial charge >= 0.3 is 0 Å². The molecule has 0 amide bonds. The van der Waals surface area contributed by atoms with Crippen LogP contribution < -0.4 is 5.73 Å². The second-order valence-electron chi connectivity index (χ2n) is 6.21. The van der Waals surface area contributed by atoms with E-state index in [0.717, 1.165) is 25.2 Å². The molecule has 1 saturated carbocycles. The minimum absolute atomic E-state index is 0.354. The lowest BCUT2D eigenvalue weighted by Crippen LogP contribution is -2.31. The Kier molecular flexibility index (Phi) is 3.93. The molecule has 3 rings (SSSR count). The number of rotatable bonds is 6. The fourth-order valence-electron chi connectivity index (χ4n) is 2.97. The normalized spacial score (nSPS) is 16.1. The van der Waals surface area contributed by atoms with Crippen LogP contribution in [0.25, 0.3) is 0 Å². The Morgan fingerprint density at radius 2 is 1.90 bits per heavy atom. The van der Waals surface area contributed by atoms with Crippen LogP contribution in [0.2, 0.25) is 0 Å². The van der Waals surface area contributed by atoms with Crippen molar-refractivity contribution in [2.24, 2.45) is 0 Å². The molecule has 0 atom stereocenters. The average molecular weight is 281 g/mol. The van der Waals surface area contributed by atoms with Crippen LogP contribution in [0, 0.1) is 0 Å². The smallest absolute Gasteiger partial charge is 0.0416 e. The summed E-state index contributed by atoms with van der Waals surface area (Å²) in [5.74, 6) is 0. The molecule has 1 heterocycles. The van der Waals surface area contributed by atoms with Crippen molar-refractivity contribution in [3.63, 3.8) is 0 Å². The fourth-order valence-corrected chi connectivity index (χ4v) is 2.97. The van der Waals surface area contributed by atoms with E-state index < -0.39 is 0 Å². The van der Waals surface area contributed by atoms with Gasteiger partial charge < -0.3 is 10.6 Å². The predicted molar refractivity (Wildman–Crippen MR) is 87.2 cm³/mol. The highest BCUT2D eigenvalue weighted by atomic mass is 15.1. The molecule has 0 aliphatic heterocycles. The van der Waals surface area contributed by atoms with E-state index in [-0.39, 0.29) is 0 Å². The van der Waals surface area contributed by atoms with Crippen molar-refractivity contribution >= 4 is 5.69 Å². The Labute approximate surface area is 126 Å². The van der Waals surface area contributed by atoms with E-state index in [1.165, 1.54) is 24.1 Å². The van der Waals surface area contributed by atoms with E-state index >= 15 is 0 Å². The number of hydrogen-bond acceptors (Lipinski definition) is 3. The van der Waals surface area contributed by atoms with E-state index in [2.05, 4.69) is 41.2 Å². The standard InChI is InChI=1S/C18H23N3/c1-21(13-9-17-4-2-3-12-20-17)14-18(10-11-18)15-5-7-16(19)8-6-15/h2-8,12H,9-11,13-14,19H2,1H3. The highest BCUT2D eigenvalue weighted by Gasteiger charge is 2.44. The molecule has 0 radical (unpaired) electrons. The highest BCUT2D eigenvalue weighted by molar-refractivity contribution is 5.43. The Balaban J connectivity index is 1.57. The highest BCUT2D eigenvalue weighted by Crippen LogP contribution is 2.48. The van der Waals surface area contributed by atoms with Crippen LogP contribution in [0.5, 0.6) is 0 Å². The zero-order valence-corrected chi connectivity index (χ0v) is 12.6. The van der Waals surface area contributed by atoms with Gasteiger partial charge in [0.15, 0.2) is 0 Å². The number of hydrogen-bond donors (Lipinski definition) is 1. The molecule has 110 valence electrons. The maximum absolute atomic E-state index is 5.79. The molecular formula is C18H23N3. The lowest BCUT2D eigenvalue weighted by Gasteiger charge is -2.24. The van der Waals surface area contributed by atoms with Crippen molar-refractivity contribution in [2.75, 3.05) is 25.9 Å². The Bertz CT molecular complexity index is 573. The van der Waals surface area contributed by atoms with Gasteiger partial charge in [-0.15, -0.1) is 0 Å². The molecule has 1 aliphatic carbocycles. The molecule has 0 spiro atoms. The maximum Gasteiger partial charge on any atom is 0.0416 e. The molecule has 1 aliphatic rings. The van der Waals surface area contributed by atoms with Gasteiger partial charge in [-0.1, -0.05) is 18.2 Å². The van der Waals surface area contributed by atoms with Crippen molar-refractivity contribution in [3.8, 4) is 0 Å². The second-order valence-corrected chi connectivity index (χ2v) is 6.21. The minimum Gasteiger partial charge on any atom is -0.399 e. The number of nitrogens with two attached hydrogens (primary N) is 1. The summed E-state index contributed by atoms with van der Waals surface area (Å²) in [7, 11) is 2.21. The Morgan fingerprint density at radius 3 is 2.52 bits per heavy atom. The van der Waals surface area contributed by atoms with Gasteiger partial charge in [-0.2, -0.15) is 0 Å². The molecule has 1 fully saturated rings. The zero-order valence-electron chi connectivity index (χ0n) is 12.6. The first-order valence-corrected chi connectivity index (χ1v) is 7.62. The van der Waals surface area contributed by atoms with Gasteiger partial charge in [-0.25, -0.2) is 0 Å². The van der Waals surface area contributed by atoms with Crippen LogP contribution >= 0.6 is 0 Å². The number of pyridine rings is 1. The Morgan fingerprint density at radius 1 is 1.14 bits per heavy atom. The SMILES string of the molecule is CN(CCc1ccccn1)CC1(c2ccc(N)cc2)CC1. The largest absolute Gasteiger partial charge is 0.399 e. The number of aromatic nitrogens is 1. The third kappa shape index (κ3) is 3.42. The van der Waals surface area contributed by atoms with Crippen LogP contribution in [-0.2, 0) is 11.8 Å². The molecule has 0 saturated heterocycles. The van der Waals surface area contributed by atoms with Gasteiger partial charge in [-0.3, -0.25) is 4.98 Å². The molecule has 2 aromatic rings. The summed E-state index contributed by atoms with van der Waals surface area (Å²) in [5, 5.41) is 0. The molecule has 3 nitrogen and oxygen atoms in total. The first kappa shape index (κ1) is 14.1. The topological polar surface area (TPSA) is 42.2 Å². The van der Waals surface area contributed by atoms with Crippen LogP contribution in [-0.4, -0.2) is 30.0 Å². The summed E-state index contributed by atoms with van der Waals surface area (Å²) in [6, 6.07) is 14.5. The quantitative estimate of drug-likeness (QED) is 0.828. The predicted octanol–water partition coefficient (Wildman–Crippen LogP) is 2.87. The second kappa shape index (κ2) is 5.86. The molecule has 21 heavy (non-hydrogen) atoms. The van der Waals surface area contributed by atoms with Crippen molar-refractivity contribution in [3.05, 3.63) is 59.9 Å². The minimum atomic E-state index is 0.354. The third-order valence-corrected chi connectivity index (χ3v) is 4.43. The summed E-state index contributed by atoms with van der Waals surface area (Å²) < 4.78 is 0. The summed E-state index contributed by atoms with van der Waals surface area (Å²) in [6.45, 7) is 2.16. The van der Waals surface area contributed by atoms with Gasteiger partial charge in [0.05, 0.1) is 0 Å². The monoisotopic (exact) mass is 281 g/mol. The van der Waals surface area contributed by atoms with Crippen molar-refractivity contribution in [1.82, 2.24) is 9.88 Å². The van der Waals surface area contributed by atoms with Gasteiger partial charge in [0.25, 0.3) is 0 Å². The third-order valence-electron chi connectivity index (χ3n) is 4.43. The number of anilines is 1. The van der Waals surface area contributed by atoms with Crippen molar-refractivity contribution in [2.45, 2.75) is 24.7 Å². The van der Waals surface area contributed by atoms with Gasteiger partial charge in [0.1, 0.15) is 0 Å². The van der Waals surface area contributed by atoms with E-state index in [4.69, 9.17) is 5.73 Å². The van der Waals surface area contributed by atoms with E-state index in [1.807, 2.05) is 24.4 Å². The number of nitrogen functional groups attached to an aromatic ring is 1. The van der Waals surface area contributed by atoms with Crippen LogP contribution in [0.15, 0.2) is 48.7 Å². The summed E-state index contributed by atoms with van der Waals surface area (Å²) >= 11 is 0. The first-order valence-electron chi connectivity index (χ1n) is 7.62. The number of nitrogens with zero attached hydrogens (tertiary/aromatic N) is 2. The molecule has 2 N–H and O–H groups in total. The molecule has 1 aromatic heterocycles. The molecule has 0 unspecified atom stereocenters. The van der Waals surface area contributed by atoms with Gasteiger partial charge in [0, 0.05) is 42.5 Å². The fraction of sp³-hybridized carbons (Fsp3) is 0.389. The summed E-state index contributed by atoms with van der Waals surface area (Å²) in [5.41, 5.74) is 9.59. The van der Waals surface area contributed by atoms with Crippen molar-refractivity contribution in [1.29, 1.82) is 0 Å². The number of benzene rings is 1. The van der Waals surface area contributed by atoms with Gasteiger partial charge in [0.2, 0.25) is 0 Å². The van der Waals surface area contributed by atoms with Crippen LogP contribution in [0.3, 0.4) is 0 Å². The zero-order chi connectivity index (χ0) is 14.7. The van der Waals surface area contributed by atoms with Crippen LogP contribution in [0.1, 0.15) is 24.1 Å². The lowest BCUT2D eigenvalue weighted by atomic mass is 9.95. The maximum atomic E-state index is 5.79. The Hall–Kier alpha value is -1.87.